The van der Waals surface area contributed by atoms with E-state index in [0.29, 0.717) is 11.3 Å². The monoisotopic (exact) mass is 600 g/mol. The molecule has 3 amide bonds. The van der Waals surface area contributed by atoms with Gasteiger partial charge in [-0.2, -0.15) is 0 Å². The SMILES string of the molecule is CN(C)c1cc(CNNC(=O)NC(C)(C)C)c(O)c2c1C[C@H]1C[C@H]3[C@H](N(C)C)C(=O)C(C(N)=O)C(=O)[C@@]3(O)C(=O)C1C2=O. The molecule has 2 unspecified atom stereocenters. The maximum Gasteiger partial charge on any atom is 0.329 e. The van der Waals surface area contributed by atoms with Gasteiger partial charge in [0.15, 0.2) is 34.7 Å². The summed E-state index contributed by atoms with van der Waals surface area (Å²) in [7, 11) is 6.58. The molecular formula is C29H40N6O8. The summed E-state index contributed by atoms with van der Waals surface area (Å²) in [6.07, 6.45) is 0.112. The quantitative estimate of drug-likeness (QED) is 0.173. The third-order valence-electron chi connectivity index (χ3n) is 8.57. The summed E-state index contributed by atoms with van der Waals surface area (Å²) in [5, 5.41) is 25.7. The first-order valence-corrected chi connectivity index (χ1v) is 14.0. The van der Waals surface area contributed by atoms with Crippen molar-refractivity contribution in [1.82, 2.24) is 21.1 Å². The van der Waals surface area contributed by atoms with Gasteiger partial charge in [0.1, 0.15) is 5.75 Å². The molecule has 3 aliphatic rings. The average molecular weight is 601 g/mol. The smallest absolute Gasteiger partial charge is 0.329 e. The van der Waals surface area contributed by atoms with Crippen LogP contribution in [0.3, 0.4) is 0 Å². The second kappa shape index (κ2) is 11.0. The fourth-order valence-electron chi connectivity index (χ4n) is 6.83. The van der Waals surface area contributed by atoms with E-state index in [0.717, 1.165) is 0 Å². The van der Waals surface area contributed by atoms with E-state index in [9.17, 15) is 39.0 Å². The Labute approximate surface area is 249 Å². The van der Waals surface area contributed by atoms with Gasteiger partial charge in [-0.25, -0.2) is 10.2 Å². The molecule has 7 N–H and O–H groups in total. The van der Waals surface area contributed by atoms with E-state index in [1.165, 1.54) is 19.0 Å². The van der Waals surface area contributed by atoms with Crippen molar-refractivity contribution in [2.75, 3.05) is 33.1 Å². The fourth-order valence-corrected chi connectivity index (χ4v) is 6.83. The van der Waals surface area contributed by atoms with Crippen LogP contribution in [0, 0.1) is 23.7 Å². The van der Waals surface area contributed by atoms with E-state index in [1.54, 1.807) is 25.1 Å². The summed E-state index contributed by atoms with van der Waals surface area (Å²) in [5.74, 6) is -11.1. The second-order valence-electron chi connectivity index (χ2n) is 13.1. The summed E-state index contributed by atoms with van der Waals surface area (Å²) in [6, 6.07) is 0.000292. The number of hydrogen-bond acceptors (Lipinski definition) is 11. The molecule has 3 aliphatic carbocycles. The Bertz CT molecular complexity index is 1420. The van der Waals surface area contributed by atoms with Crippen molar-refractivity contribution < 1.29 is 39.0 Å². The molecular weight excluding hydrogens is 560 g/mol. The molecule has 4 rings (SSSR count). The number of amides is 3. The summed E-state index contributed by atoms with van der Waals surface area (Å²) < 4.78 is 0. The number of aromatic hydroxyl groups is 1. The third-order valence-corrected chi connectivity index (χ3v) is 8.57. The van der Waals surface area contributed by atoms with E-state index in [4.69, 9.17) is 5.73 Å². The Morgan fingerprint density at radius 3 is 2.26 bits per heavy atom. The lowest BCUT2D eigenvalue weighted by atomic mass is 9.52. The van der Waals surface area contributed by atoms with Crippen molar-refractivity contribution in [2.24, 2.45) is 29.4 Å². The zero-order valence-electron chi connectivity index (χ0n) is 25.4. The van der Waals surface area contributed by atoms with E-state index in [2.05, 4.69) is 16.2 Å². The fraction of sp³-hybridized carbons (Fsp3) is 0.586. The molecule has 0 heterocycles. The molecule has 0 aromatic heterocycles. The van der Waals surface area contributed by atoms with Crippen LogP contribution in [0.4, 0.5) is 10.5 Å². The summed E-state index contributed by atoms with van der Waals surface area (Å²) in [4.78, 5) is 82.3. The summed E-state index contributed by atoms with van der Waals surface area (Å²) in [6.45, 7) is 5.35. The highest BCUT2D eigenvalue weighted by Gasteiger charge is 2.69. The Morgan fingerprint density at radius 2 is 1.72 bits per heavy atom. The molecule has 0 saturated heterocycles. The molecule has 234 valence electrons. The lowest BCUT2D eigenvalue weighted by Gasteiger charge is -2.52. The zero-order chi connectivity index (χ0) is 32.3. The Kier molecular flexibility index (Phi) is 8.19. The van der Waals surface area contributed by atoms with Gasteiger partial charge in [0.2, 0.25) is 5.91 Å². The number of nitrogens with one attached hydrogen (secondary N) is 3. The van der Waals surface area contributed by atoms with Crippen molar-refractivity contribution >= 4 is 40.8 Å². The molecule has 1 aromatic carbocycles. The van der Waals surface area contributed by atoms with Crippen LogP contribution < -0.4 is 26.8 Å². The lowest BCUT2D eigenvalue weighted by Crippen LogP contribution is -2.74. The number of carbonyl (C=O) groups excluding carboxylic acids is 6. The van der Waals surface area contributed by atoms with Crippen LogP contribution in [-0.2, 0) is 32.1 Å². The standard InChI is InChI=1S/C29H40N6O8/c1-28(2,3)32-27(42)33-31-11-13-10-16(34(4)5)14-8-12-9-15-20(35(6)7)23(38)19(26(30)41)25(40)29(15,43)24(39)17(12)22(37)18(14)21(13)36/h10,12,15,17,19-20,31,36,43H,8-9,11H2,1-7H3,(H2,30,41)(H2,32,33,42)/t12-,15-,17?,19?,20-,29-/m0/s1. The minimum absolute atomic E-state index is 0.0341. The number of fused-ring (bicyclic) bond motifs is 3. The number of primary amides is 1. The summed E-state index contributed by atoms with van der Waals surface area (Å²) >= 11 is 0. The Morgan fingerprint density at radius 1 is 1.09 bits per heavy atom. The number of urea groups is 1. The molecule has 2 fully saturated rings. The highest BCUT2D eigenvalue weighted by atomic mass is 16.3. The predicted molar refractivity (Wildman–Crippen MR) is 154 cm³/mol. The van der Waals surface area contributed by atoms with Crippen LogP contribution in [0.25, 0.3) is 0 Å². The second-order valence-corrected chi connectivity index (χ2v) is 13.1. The number of nitrogens with zero attached hydrogens (tertiary/aromatic N) is 2. The molecule has 0 bridgehead atoms. The van der Waals surface area contributed by atoms with Gasteiger partial charge in [-0.1, -0.05) is 0 Å². The average Bonchev–Trinajstić information content (AvgIpc) is 2.85. The number of aliphatic hydroxyl groups is 1. The van der Waals surface area contributed by atoms with Gasteiger partial charge in [-0.3, -0.25) is 34.3 Å². The number of hydrogen-bond donors (Lipinski definition) is 6. The van der Waals surface area contributed by atoms with Gasteiger partial charge in [-0.05, 0) is 65.3 Å². The van der Waals surface area contributed by atoms with Crippen LogP contribution in [-0.4, -0.2) is 95.6 Å². The number of benzene rings is 1. The molecule has 0 spiro atoms. The van der Waals surface area contributed by atoms with Crippen molar-refractivity contribution in [3.8, 4) is 5.75 Å². The zero-order valence-corrected chi connectivity index (χ0v) is 25.4. The topological polar surface area (TPSA) is 211 Å². The molecule has 14 nitrogen and oxygen atoms in total. The van der Waals surface area contributed by atoms with Gasteiger partial charge < -0.3 is 26.2 Å². The molecule has 1 aromatic rings. The van der Waals surface area contributed by atoms with E-state index >= 15 is 0 Å². The van der Waals surface area contributed by atoms with E-state index in [1.807, 2.05) is 20.8 Å². The molecule has 43 heavy (non-hydrogen) atoms. The number of ketones is 4. The first kappa shape index (κ1) is 32.0. The lowest BCUT2D eigenvalue weighted by molar-refractivity contribution is -0.181. The molecule has 0 aliphatic heterocycles. The number of likely N-dealkylation sites (N-methyl/N-ethyl adjacent to an activating group) is 1. The first-order chi connectivity index (χ1) is 19.8. The van der Waals surface area contributed by atoms with Crippen molar-refractivity contribution in [2.45, 2.75) is 57.3 Å². The molecule has 0 radical (unpaired) electrons. The number of carbonyl (C=O) groups is 6. The van der Waals surface area contributed by atoms with Gasteiger partial charge >= 0.3 is 6.03 Å². The predicted octanol–water partition coefficient (Wildman–Crippen LogP) is -0.965. The van der Waals surface area contributed by atoms with Crippen molar-refractivity contribution in [3.63, 3.8) is 0 Å². The number of Topliss-reactive ketones (excluding diaryl/α,β-unsaturated/α-hetero) is 4. The van der Waals surface area contributed by atoms with Crippen LogP contribution in [0.1, 0.15) is 48.7 Å². The first-order valence-electron chi connectivity index (χ1n) is 14.0. The van der Waals surface area contributed by atoms with Gasteiger partial charge in [0.25, 0.3) is 0 Å². The number of anilines is 1. The van der Waals surface area contributed by atoms with E-state index in [-0.39, 0.29) is 30.5 Å². The van der Waals surface area contributed by atoms with Crippen LogP contribution >= 0.6 is 0 Å². The van der Waals surface area contributed by atoms with Crippen LogP contribution in [0.2, 0.25) is 0 Å². The minimum Gasteiger partial charge on any atom is -0.507 e. The van der Waals surface area contributed by atoms with Crippen LogP contribution in [0.5, 0.6) is 5.75 Å². The number of phenolic OH excluding ortho intramolecular Hbond substituents is 1. The molecule has 2 saturated carbocycles. The maximum atomic E-state index is 14.1. The van der Waals surface area contributed by atoms with Gasteiger partial charge in [0.05, 0.1) is 17.5 Å². The van der Waals surface area contributed by atoms with Gasteiger partial charge in [-0.15, -0.1) is 0 Å². The van der Waals surface area contributed by atoms with Gasteiger partial charge in [0, 0.05) is 43.3 Å². The Hall–Kier alpha value is -3.88. The molecule has 6 atom stereocenters. The number of phenols is 1. The van der Waals surface area contributed by atoms with Crippen molar-refractivity contribution in [3.05, 3.63) is 22.8 Å². The minimum atomic E-state index is -2.79. The van der Waals surface area contributed by atoms with Crippen LogP contribution in [0.15, 0.2) is 6.07 Å². The number of rotatable bonds is 6. The number of nitrogens with two attached hydrogens (primary N) is 1. The highest BCUT2D eigenvalue weighted by Crippen LogP contribution is 2.52. The van der Waals surface area contributed by atoms with Crippen molar-refractivity contribution in [1.29, 1.82) is 0 Å². The third kappa shape index (κ3) is 5.27. The van der Waals surface area contributed by atoms with E-state index < -0.39 is 81.7 Å². The Balaban J connectivity index is 1.75. The molecule has 14 heteroatoms. The summed E-state index contributed by atoms with van der Waals surface area (Å²) in [5.41, 5.74) is 8.49. The maximum absolute atomic E-state index is 14.1. The normalized spacial score (nSPS) is 28.6. The number of hydrazine groups is 1. The largest absolute Gasteiger partial charge is 0.507 e. The highest BCUT2D eigenvalue weighted by molar-refractivity contribution is 6.32.